The van der Waals surface area contributed by atoms with Crippen LogP contribution in [-0.4, -0.2) is 0 Å². The molecule has 0 N–H and O–H groups in total. The van der Waals surface area contributed by atoms with Gasteiger partial charge in [-0.1, -0.05) is 67.8 Å². The first-order chi connectivity index (χ1) is 10.3. The average molecular weight is 290 g/mol. The third-order valence-corrected chi connectivity index (χ3v) is 4.71. The van der Waals surface area contributed by atoms with Crippen molar-refractivity contribution >= 4 is 33.6 Å². The van der Waals surface area contributed by atoms with Crippen LogP contribution in [0.4, 0.5) is 0 Å². The molecule has 0 aliphatic carbocycles. The van der Waals surface area contributed by atoms with Crippen molar-refractivity contribution in [2.75, 3.05) is 0 Å². The Labute approximate surface area is 127 Å². The second kappa shape index (κ2) is 5.51. The highest BCUT2D eigenvalue weighted by atomic mass is 32.1. The lowest BCUT2D eigenvalue weighted by Crippen LogP contribution is -2.06. The Morgan fingerprint density at radius 2 is 1.67 bits per heavy atom. The van der Waals surface area contributed by atoms with E-state index in [9.17, 15) is 4.79 Å². The van der Waals surface area contributed by atoms with E-state index in [0.29, 0.717) is 5.56 Å². The SMILES string of the molecule is C=Cc1sc2c(-c3ccccc3)cccc2c(=O)c1C=C. The molecule has 3 aromatic rings. The molecule has 0 unspecified atom stereocenters. The van der Waals surface area contributed by atoms with Gasteiger partial charge in [-0.3, -0.25) is 4.79 Å². The van der Waals surface area contributed by atoms with Gasteiger partial charge >= 0.3 is 0 Å². The summed E-state index contributed by atoms with van der Waals surface area (Å²) in [6, 6.07) is 16.0. The summed E-state index contributed by atoms with van der Waals surface area (Å²) in [5.41, 5.74) is 2.84. The summed E-state index contributed by atoms with van der Waals surface area (Å²) < 4.78 is 0.995. The minimum Gasteiger partial charge on any atom is -0.289 e. The van der Waals surface area contributed by atoms with Crippen LogP contribution in [0.5, 0.6) is 0 Å². The Morgan fingerprint density at radius 3 is 2.33 bits per heavy atom. The largest absolute Gasteiger partial charge is 0.289 e. The summed E-state index contributed by atoms with van der Waals surface area (Å²) in [5.74, 6) is 0. The summed E-state index contributed by atoms with van der Waals surface area (Å²) in [4.78, 5) is 13.5. The number of hydrogen-bond donors (Lipinski definition) is 0. The zero-order valence-electron chi connectivity index (χ0n) is 11.5. The molecule has 0 amide bonds. The van der Waals surface area contributed by atoms with E-state index in [4.69, 9.17) is 0 Å². The van der Waals surface area contributed by atoms with Crippen LogP contribution in [0.3, 0.4) is 0 Å². The van der Waals surface area contributed by atoms with Crippen LogP contribution in [0.2, 0.25) is 0 Å². The summed E-state index contributed by atoms with van der Waals surface area (Å²) in [6.45, 7) is 7.56. The predicted molar refractivity (Wildman–Crippen MR) is 93.7 cm³/mol. The topological polar surface area (TPSA) is 17.1 Å². The molecule has 0 bridgehead atoms. The maximum absolute atomic E-state index is 12.6. The van der Waals surface area contributed by atoms with E-state index in [1.54, 1.807) is 23.5 Å². The number of rotatable bonds is 3. The normalized spacial score (nSPS) is 10.5. The van der Waals surface area contributed by atoms with Gasteiger partial charge in [0.1, 0.15) is 0 Å². The van der Waals surface area contributed by atoms with Crippen LogP contribution < -0.4 is 5.43 Å². The van der Waals surface area contributed by atoms with Crippen LogP contribution in [-0.2, 0) is 0 Å². The van der Waals surface area contributed by atoms with Gasteiger partial charge < -0.3 is 0 Å². The molecule has 0 atom stereocenters. The number of fused-ring (bicyclic) bond motifs is 1. The third-order valence-electron chi connectivity index (χ3n) is 3.46. The van der Waals surface area contributed by atoms with E-state index < -0.39 is 0 Å². The summed E-state index contributed by atoms with van der Waals surface area (Å²) in [5, 5.41) is 0.738. The van der Waals surface area contributed by atoms with Crippen molar-refractivity contribution in [3.63, 3.8) is 0 Å². The van der Waals surface area contributed by atoms with E-state index in [1.165, 1.54) is 0 Å². The molecule has 0 aliphatic rings. The van der Waals surface area contributed by atoms with Crippen LogP contribution in [0.25, 0.3) is 33.4 Å². The standard InChI is InChI=1S/C19H14OS/c1-3-14-17(4-2)21-19-15(13-9-6-5-7-10-13)11-8-12-16(19)18(14)20/h3-12H,1-2H2. The fourth-order valence-electron chi connectivity index (χ4n) is 2.44. The van der Waals surface area contributed by atoms with E-state index in [-0.39, 0.29) is 5.43 Å². The lowest BCUT2D eigenvalue weighted by molar-refractivity contribution is 1.63. The van der Waals surface area contributed by atoms with Crippen molar-refractivity contribution in [3.8, 4) is 11.1 Å². The molecule has 1 heterocycles. The van der Waals surface area contributed by atoms with Gasteiger partial charge in [-0.15, -0.1) is 11.3 Å². The second-order valence-corrected chi connectivity index (χ2v) is 5.72. The Hall–Kier alpha value is -2.45. The molecular weight excluding hydrogens is 276 g/mol. The quantitative estimate of drug-likeness (QED) is 0.646. The summed E-state index contributed by atoms with van der Waals surface area (Å²) in [6.07, 6.45) is 3.34. The van der Waals surface area contributed by atoms with Gasteiger partial charge in [0.05, 0.1) is 0 Å². The van der Waals surface area contributed by atoms with Gasteiger partial charge in [0, 0.05) is 20.5 Å². The third kappa shape index (κ3) is 2.24. The summed E-state index contributed by atoms with van der Waals surface area (Å²) in [7, 11) is 0. The first-order valence-electron chi connectivity index (χ1n) is 6.66. The maximum atomic E-state index is 12.6. The minimum absolute atomic E-state index is 0.0198. The maximum Gasteiger partial charge on any atom is 0.195 e. The van der Waals surface area contributed by atoms with Crippen LogP contribution in [0.1, 0.15) is 10.4 Å². The Kier molecular flexibility index (Phi) is 3.55. The van der Waals surface area contributed by atoms with E-state index in [2.05, 4.69) is 25.3 Å². The van der Waals surface area contributed by atoms with Gasteiger partial charge in [-0.25, -0.2) is 0 Å². The lowest BCUT2D eigenvalue weighted by Gasteiger charge is -2.08. The number of hydrogen-bond acceptors (Lipinski definition) is 2. The first-order valence-corrected chi connectivity index (χ1v) is 7.48. The van der Waals surface area contributed by atoms with Gasteiger partial charge in [-0.05, 0) is 17.2 Å². The van der Waals surface area contributed by atoms with Crippen molar-refractivity contribution in [2.45, 2.75) is 0 Å². The zero-order chi connectivity index (χ0) is 14.8. The number of benzene rings is 2. The van der Waals surface area contributed by atoms with Gasteiger partial charge in [0.15, 0.2) is 5.43 Å². The summed E-state index contributed by atoms with van der Waals surface area (Å²) >= 11 is 1.58. The highest BCUT2D eigenvalue weighted by Crippen LogP contribution is 2.33. The first kappa shape index (κ1) is 13.5. The Balaban J connectivity index is 2.45. The van der Waals surface area contributed by atoms with E-state index in [1.807, 2.05) is 36.4 Å². The second-order valence-electron chi connectivity index (χ2n) is 4.67. The van der Waals surface area contributed by atoms with Gasteiger partial charge in [-0.2, -0.15) is 0 Å². The van der Waals surface area contributed by atoms with Crippen LogP contribution in [0, 0.1) is 0 Å². The molecule has 1 aromatic heterocycles. The minimum atomic E-state index is 0.0198. The highest BCUT2D eigenvalue weighted by Gasteiger charge is 2.11. The zero-order valence-corrected chi connectivity index (χ0v) is 12.3. The van der Waals surface area contributed by atoms with Crippen molar-refractivity contribution < 1.29 is 0 Å². The highest BCUT2D eigenvalue weighted by molar-refractivity contribution is 7.20. The van der Waals surface area contributed by atoms with Crippen molar-refractivity contribution in [1.82, 2.24) is 0 Å². The van der Waals surface area contributed by atoms with E-state index >= 15 is 0 Å². The van der Waals surface area contributed by atoms with Crippen molar-refractivity contribution in [3.05, 3.63) is 82.4 Å². The fraction of sp³-hybridized carbons (Fsp3) is 0. The molecule has 0 fully saturated rings. The smallest absolute Gasteiger partial charge is 0.195 e. The Bertz CT molecular complexity index is 889. The molecule has 0 saturated carbocycles. The van der Waals surface area contributed by atoms with Gasteiger partial charge in [0.25, 0.3) is 0 Å². The molecule has 21 heavy (non-hydrogen) atoms. The molecule has 102 valence electrons. The average Bonchev–Trinajstić information content (AvgIpc) is 2.55. The predicted octanol–water partition coefficient (Wildman–Crippen LogP) is 5.21. The van der Waals surface area contributed by atoms with Crippen LogP contribution >= 0.6 is 11.3 Å². The molecule has 1 nitrogen and oxygen atoms in total. The molecule has 0 radical (unpaired) electrons. The lowest BCUT2D eigenvalue weighted by atomic mass is 10.0. The van der Waals surface area contributed by atoms with Crippen molar-refractivity contribution in [2.24, 2.45) is 0 Å². The molecule has 0 aliphatic heterocycles. The fourth-order valence-corrected chi connectivity index (χ4v) is 3.59. The molecule has 2 heteroatoms. The van der Waals surface area contributed by atoms with E-state index in [0.717, 1.165) is 26.1 Å². The van der Waals surface area contributed by atoms with Gasteiger partial charge in [0.2, 0.25) is 0 Å². The Morgan fingerprint density at radius 1 is 0.905 bits per heavy atom. The monoisotopic (exact) mass is 290 g/mol. The molecular formula is C19H14OS. The van der Waals surface area contributed by atoms with Crippen LogP contribution in [0.15, 0.2) is 66.5 Å². The molecule has 2 aromatic carbocycles. The molecule has 3 rings (SSSR count). The molecule has 0 spiro atoms. The molecule has 0 saturated heterocycles. The van der Waals surface area contributed by atoms with Crippen molar-refractivity contribution in [1.29, 1.82) is 0 Å².